The molecular weight excluding hydrogens is 338 g/mol. The Bertz CT molecular complexity index is 842. The maximum atomic E-state index is 9.09. The second kappa shape index (κ2) is 8.50. The number of benzene rings is 1. The lowest BCUT2D eigenvalue weighted by Gasteiger charge is -2.32. The zero-order valence-corrected chi connectivity index (χ0v) is 15.6. The summed E-state index contributed by atoms with van der Waals surface area (Å²) in [5.41, 5.74) is 3.85. The molecule has 27 heavy (non-hydrogen) atoms. The highest BCUT2D eigenvalue weighted by Gasteiger charge is 2.23. The van der Waals surface area contributed by atoms with E-state index >= 15 is 0 Å². The maximum Gasteiger partial charge on any atom is 0.0668 e. The minimum atomic E-state index is 0.130. The van der Waals surface area contributed by atoms with Crippen molar-refractivity contribution in [2.75, 3.05) is 19.7 Å². The van der Waals surface area contributed by atoms with Crippen LogP contribution in [0, 0.1) is 0 Å². The molecular formula is C21H27N5O. The third-order valence-corrected chi connectivity index (χ3v) is 5.32. The lowest BCUT2D eigenvalue weighted by atomic mass is 9.94. The second-order valence-corrected chi connectivity index (χ2v) is 7.27. The summed E-state index contributed by atoms with van der Waals surface area (Å²) >= 11 is 0. The third kappa shape index (κ3) is 4.46. The Hall–Kier alpha value is -2.44. The van der Waals surface area contributed by atoms with Crippen molar-refractivity contribution in [3.05, 3.63) is 71.8 Å². The number of hydrogen-bond donors (Lipinski definition) is 1. The maximum absolute atomic E-state index is 9.09. The number of piperidine rings is 1. The fraction of sp³-hybridized carbons (Fsp3) is 0.429. The SMILES string of the molecule is OCCn1ccc(C2CCCN(Cc3ccccc3Cn3cccn3)C2)n1. The minimum absolute atomic E-state index is 0.130. The quantitative estimate of drug-likeness (QED) is 0.699. The van der Waals surface area contributed by atoms with Gasteiger partial charge in [0.15, 0.2) is 0 Å². The summed E-state index contributed by atoms with van der Waals surface area (Å²) in [5, 5.41) is 18.1. The average Bonchev–Trinajstić information content (AvgIpc) is 3.36. The van der Waals surface area contributed by atoms with Crippen LogP contribution in [-0.2, 0) is 19.6 Å². The van der Waals surface area contributed by atoms with E-state index in [4.69, 9.17) is 5.11 Å². The molecule has 3 aromatic rings. The molecule has 0 radical (unpaired) electrons. The van der Waals surface area contributed by atoms with Crippen LogP contribution in [0.5, 0.6) is 0 Å². The first-order chi connectivity index (χ1) is 13.3. The van der Waals surface area contributed by atoms with Crippen molar-refractivity contribution >= 4 is 0 Å². The van der Waals surface area contributed by atoms with Crippen LogP contribution in [0.1, 0.15) is 35.6 Å². The molecule has 1 fully saturated rings. The molecule has 1 unspecified atom stereocenters. The molecule has 1 aliphatic heterocycles. The van der Waals surface area contributed by atoms with Gasteiger partial charge in [-0.1, -0.05) is 24.3 Å². The molecule has 1 saturated heterocycles. The first-order valence-corrected chi connectivity index (χ1v) is 9.72. The van der Waals surface area contributed by atoms with E-state index in [1.165, 1.54) is 24.0 Å². The predicted octanol–water partition coefficient (Wildman–Crippen LogP) is 2.50. The van der Waals surface area contributed by atoms with Gasteiger partial charge in [0.05, 0.1) is 25.4 Å². The van der Waals surface area contributed by atoms with Gasteiger partial charge in [0, 0.05) is 37.6 Å². The average molecular weight is 365 g/mol. The van der Waals surface area contributed by atoms with Gasteiger partial charge in [0.2, 0.25) is 0 Å². The van der Waals surface area contributed by atoms with Crippen molar-refractivity contribution in [1.82, 2.24) is 24.5 Å². The largest absolute Gasteiger partial charge is 0.394 e. The second-order valence-electron chi connectivity index (χ2n) is 7.27. The van der Waals surface area contributed by atoms with E-state index in [1.807, 2.05) is 34.0 Å². The highest BCUT2D eigenvalue weighted by atomic mass is 16.3. The summed E-state index contributed by atoms with van der Waals surface area (Å²) < 4.78 is 3.82. The smallest absolute Gasteiger partial charge is 0.0668 e. The van der Waals surface area contributed by atoms with Crippen molar-refractivity contribution in [2.45, 2.75) is 38.4 Å². The molecule has 0 aliphatic carbocycles. The van der Waals surface area contributed by atoms with Crippen molar-refractivity contribution in [3.8, 4) is 0 Å². The molecule has 0 spiro atoms. The summed E-state index contributed by atoms with van der Waals surface area (Å²) in [6, 6.07) is 12.7. The highest BCUT2D eigenvalue weighted by molar-refractivity contribution is 5.27. The van der Waals surface area contributed by atoms with E-state index < -0.39 is 0 Å². The van der Waals surface area contributed by atoms with Crippen molar-refractivity contribution in [3.63, 3.8) is 0 Å². The Morgan fingerprint density at radius 3 is 2.63 bits per heavy atom. The standard InChI is InChI=1S/C21H27N5O/c27-14-13-25-12-8-21(23-25)20-7-3-10-24(16-20)15-18-5-1-2-6-19(18)17-26-11-4-9-22-26/h1-2,4-6,8-9,11-12,20,27H,3,7,10,13-17H2. The molecule has 0 bridgehead atoms. The summed E-state index contributed by atoms with van der Waals surface area (Å²) in [5.74, 6) is 0.469. The minimum Gasteiger partial charge on any atom is -0.394 e. The lowest BCUT2D eigenvalue weighted by molar-refractivity contribution is 0.197. The van der Waals surface area contributed by atoms with Crippen LogP contribution in [0.2, 0.25) is 0 Å². The summed E-state index contributed by atoms with van der Waals surface area (Å²) in [6.45, 7) is 4.63. The highest BCUT2D eigenvalue weighted by Crippen LogP contribution is 2.27. The molecule has 0 amide bonds. The summed E-state index contributed by atoms with van der Waals surface area (Å²) in [6.07, 6.45) is 8.19. The van der Waals surface area contributed by atoms with Crippen LogP contribution >= 0.6 is 0 Å². The van der Waals surface area contributed by atoms with Gasteiger partial charge in [0.25, 0.3) is 0 Å². The van der Waals surface area contributed by atoms with Gasteiger partial charge in [-0.25, -0.2) is 0 Å². The molecule has 1 aliphatic rings. The van der Waals surface area contributed by atoms with E-state index in [1.54, 1.807) is 0 Å². The number of likely N-dealkylation sites (tertiary alicyclic amines) is 1. The van der Waals surface area contributed by atoms with Crippen molar-refractivity contribution < 1.29 is 5.11 Å². The normalized spacial score (nSPS) is 18.0. The van der Waals surface area contributed by atoms with E-state index in [-0.39, 0.29) is 6.61 Å². The van der Waals surface area contributed by atoms with Crippen LogP contribution < -0.4 is 0 Å². The number of hydrogen-bond acceptors (Lipinski definition) is 4. The predicted molar refractivity (Wildman–Crippen MR) is 104 cm³/mol. The van der Waals surface area contributed by atoms with Gasteiger partial charge in [0.1, 0.15) is 0 Å². The summed E-state index contributed by atoms with van der Waals surface area (Å²) in [7, 11) is 0. The van der Waals surface area contributed by atoms with E-state index in [2.05, 4.69) is 45.4 Å². The zero-order valence-electron chi connectivity index (χ0n) is 15.6. The van der Waals surface area contributed by atoms with Gasteiger partial charge in [-0.15, -0.1) is 0 Å². The Morgan fingerprint density at radius 1 is 1.00 bits per heavy atom. The van der Waals surface area contributed by atoms with Gasteiger partial charge in [-0.3, -0.25) is 14.3 Å². The van der Waals surface area contributed by atoms with Crippen LogP contribution in [0.25, 0.3) is 0 Å². The lowest BCUT2D eigenvalue weighted by Crippen LogP contribution is -2.34. The Kier molecular flexibility index (Phi) is 5.65. The van der Waals surface area contributed by atoms with Gasteiger partial charge in [-0.2, -0.15) is 10.2 Å². The first kappa shape index (κ1) is 17.9. The van der Waals surface area contributed by atoms with Gasteiger partial charge >= 0.3 is 0 Å². The fourth-order valence-corrected chi connectivity index (χ4v) is 3.94. The molecule has 0 saturated carbocycles. The van der Waals surface area contributed by atoms with E-state index in [0.717, 1.165) is 31.9 Å². The molecule has 1 atom stereocenters. The van der Waals surface area contributed by atoms with E-state index in [9.17, 15) is 0 Å². The number of aliphatic hydroxyl groups is 1. The Labute approximate surface area is 160 Å². The van der Waals surface area contributed by atoms with Crippen LogP contribution in [-0.4, -0.2) is 49.3 Å². The molecule has 6 nitrogen and oxygen atoms in total. The Morgan fingerprint density at radius 2 is 1.85 bits per heavy atom. The molecule has 2 aromatic heterocycles. The molecule has 4 rings (SSSR count). The molecule has 6 heteroatoms. The van der Waals surface area contributed by atoms with Gasteiger partial charge in [-0.05, 0) is 42.6 Å². The zero-order chi connectivity index (χ0) is 18.5. The first-order valence-electron chi connectivity index (χ1n) is 9.72. The molecule has 1 N–H and O–H groups in total. The number of aliphatic hydroxyl groups excluding tert-OH is 1. The monoisotopic (exact) mass is 365 g/mol. The molecule has 1 aromatic carbocycles. The van der Waals surface area contributed by atoms with E-state index in [0.29, 0.717) is 12.5 Å². The van der Waals surface area contributed by atoms with Gasteiger partial charge < -0.3 is 5.11 Å². The van der Waals surface area contributed by atoms with Crippen LogP contribution in [0.4, 0.5) is 0 Å². The van der Waals surface area contributed by atoms with Crippen LogP contribution in [0.15, 0.2) is 55.0 Å². The Balaban J connectivity index is 1.43. The van der Waals surface area contributed by atoms with Crippen molar-refractivity contribution in [2.24, 2.45) is 0 Å². The number of nitrogens with zero attached hydrogens (tertiary/aromatic N) is 5. The molecule has 3 heterocycles. The number of rotatable bonds is 7. The fourth-order valence-electron chi connectivity index (χ4n) is 3.94. The topological polar surface area (TPSA) is 59.1 Å². The third-order valence-electron chi connectivity index (χ3n) is 5.32. The molecule has 142 valence electrons. The van der Waals surface area contributed by atoms with Crippen LogP contribution in [0.3, 0.4) is 0 Å². The number of aromatic nitrogens is 4. The van der Waals surface area contributed by atoms with Crippen molar-refractivity contribution in [1.29, 1.82) is 0 Å². The summed E-state index contributed by atoms with van der Waals surface area (Å²) in [4.78, 5) is 2.54.